The van der Waals surface area contributed by atoms with Crippen LogP contribution in [0.4, 0.5) is 0 Å². The first-order valence-electron chi connectivity index (χ1n) is 9.98. The second-order valence-electron chi connectivity index (χ2n) is 7.24. The molecule has 0 N–H and O–H groups in total. The predicted octanol–water partition coefficient (Wildman–Crippen LogP) is 4.32. The molecule has 1 aliphatic carbocycles. The molecule has 4 rings (SSSR count). The lowest BCUT2D eigenvalue weighted by molar-refractivity contribution is -0.149. The van der Waals surface area contributed by atoms with Gasteiger partial charge in [-0.05, 0) is 57.2 Å². The van der Waals surface area contributed by atoms with E-state index in [1.807, 2.05) is 38.1 Å². The molecule has 0 saturated heterocycles. The Morgan fingerprint density at radius 3 is 2.66 bits per heavy atom. The summed E-state index contributed by atoms with van der Waals surface area (Å²) in [5.41, 5.74) is 1.58. The second kappa shape index (κ2) is 8.37. The minimum atomic E-state index is -0.380. The zero-order valence-electron chi connectivity index (χ0n) is 16.6. The van der Waals surface area contributed by atoms with Crippen molar-refractivity contribution in [3.63, 3.8) is 0 Å². The van der Waals surface area contributed by atoms with Crippen molar-refractivity contribution in [1.82, 2.24) is 9.55 Å². The molecule has 1 saturated carbocycles. The largest absolute Gasteiger partial charge is 0.494 e. The van der Waals surface area contributed by atoms with E-state index in [1.165, 1.54) is 22.2 Å². The number of esters is 1. The smallest absolute Gasteiger partial charge is 0.326 e. The predicted molar refractivity (Wildman–Crippen MR) is 114 cm³/mol. The summed E-state index contributed by atoms with van der Waals surface area (Å²) in [6.07, 6.45) is 5.42. The number of rotatable bonds is 6. The average molecular weight is 413 g/mol. The van der Waals surface area contributed by atoms with E-state index in [0.717, 1.165) is 47.4 Å². The van der Waals surface area contributed by atoms with E-state index in [0.29, 0.717) is 16.8 Å². The van der Waals surface area contributed by atoms with Gasteiger partial charge < -0.3 is 9.47 Å². The van der Waals surface area contributed by atoms with E-state index in [9.17, 15) is 9.59 Å². The van der Waals surface area contributed by atoms with Crippen LogP contribution in [0.25, 0.3) is 21.3 Å². The maximum atomic E-state index is 13.2. The third-order valence-electron chi connectivity index (χ3n) is 5.21. The first-order chi connectivity index (χ1) is 14.1. The van der Waals surface area contributed by atoms with Crippen molar-refractivity contribution in [3.05, 3.63) is 45.8 Å². The number of carbonyl (C=O) groups is 1. The molecule has 2 aromatic heterocycles. The zero-order chi connectivity index (χ0) is 20.4. The normalized spacial score (nSPS) is 14.4. The van der Waals surface area contributed by atoms with Gasteiger partial charge in [-0.25, -0.2) is 4.98 Å². The molecule has 2 heterocycles. The number of nitrogens with zero attached hydrogens (tertiary/aromatic N) is 2. The van der Waals surface area contributed by atoms with E-state index in [2.05, 4.69) is 4.98 Å². The number of fused-ring (bicyclic) bond motifs is 1. The molecule has 0 bridgehead atoms. The third-order valence-corrected chi connectivity index (χ3v) is 6.22. The Hall–Kier alpha value is -2.67. The van der Waals surface area contributed by atoms with Gasteiger partial charge in [-0.2, -0.15) is 0 Å². The molecular weight excluding hydrogens is 388 g/mol. The fraction of sp³-hybridized carbons (Fsp3) is 0.409. The van der Waals surface area contributed by atoms with Gasteiger partial charge >= 0.3 is 5.97 Å². The van der Waals surface area contributed by atoms with Crippen molar-refractivity contribution in [2.75, 3.05) is 6.61 Å². The van der Waals surface area contributed by atoms with Crippen LogP contribution >= 0.6 is 11.3 Å². The van der Waals surface area contributed by atoms with Gasteiger partial charge in [0.25, 0.3) is 5.56 Å². The van der Waals surface area contributed by atoms with Crippen LogP contribution < -0.4 is 10.3 Å². The summed E-state index contributed by atoms with van der Waals surface area (Å²) >= 11 is 1.48. The first-order valence-corrected chi connectivity index (χ1v) is 10.8. The van der Waals surface area contributed by atoms with Crippen LogP contribution in [0.15, 0.2) is 35.4 Å². The molecule has 7 heteroatoms. The lowest BCUT2D eigenvalue weighted by atomic mass is 10.0. The van der Waals surface area contributed by atoms with Crippen molar-refractivity contribution < 1.29 is 14.3 Å². The van der Waals surface area contributed by atoms with Crippen LogP contribution in [0.2, 0.25) is 0 Å². The Labute approximate surface area is 173 Å². The Morgan fingerprint density at radius 1 is 1.24 bits per heavy atom. The number of hydrogen-bond acceptors (Lipinski definition) is 6. The van der Waals surface area contributed by atoms with E-state index >= 15 is 0 Å². The minimum absolute atomic E-state index is 0.0160. The summed E-state index contributed by atoms with van der Waals surface area (Å²) < 4.78 is 12.4. The van der Waals surface area contributed by atoms with Gasteiger partial charge in [-0.1, -0.05) is 12.1 Å². The van der Waals surface area contributed by atoms with Gasteiger partial charge in [0.2, 0.25) is 0 Å². The molecule has 0 amide bonds. The van der Waals surface area contributed by atoms with Gasteiger partial charge in [0, 0.05) is 10.4 Å². The van der Waals surface area contributed by atoms with Crippen molar-refractivity contribution >= 4 is 27.5 Å². The maximum absolute atomic E-state index is 13.2. The standard InChI is InChI=1S/C22H24N2O4S/c1-3-27-16-10-8-15(9-11-16)19-14(2)29-21-20(19)22(26)24(13-23-21)12-18(25)28-17-6-4-5-7-17/h8-11,13,17H,3-7,12H2,1-2H3. The van der Waals surface area contributed by atoms with Crippen LogP contribution in [0, 0.1) is 6.92 Å². The van der Waals surface area contributed by atoms with Gasteiger partial charge in [-0.3, -0.25) is 14.2 Å². The molecule has 0 aliphatic heterocycles. The SMILES string of the molecule is CCOc1ccc(-c2c(C)sc3ncn(CC(=O)OC4CCCC4)c(=O)c23)cc1. The number of carbonyl (C=O) groups excluding carboxylic acids is 1. The number of benzene rings is 1. The molecule has 0 atom stereocenters. The lowest BCUT2D eigenvalue weighted by Crippen LogP contribution is -2.27. The molecule has 0 radical (unpaired) electrons. The molecule has 1 aliphatic rings. The van der Waals surface area contributed by atoms with Crippen molar-refractivity contribution in [2.45, 2.75) is 52.2 Å². The van der Waals surface area contributed by atoms with E-state index in [-0.39, 0.29) is 24.2 Å². The Morgan fingerprint density at radius 2 is 1.97 bits per heavy atom. The Balaban J connectivity index is 1.67. The van der Waals surface area contributed by atoms with Crippen molar-refractivity contribution in [2.24, 2.45) is 0 Å². The molecule has 152 valence electrons. The first kappa shape index (κ1) is 19.6. The molecule has 3 aromatic rings. The number of thiophene rings is 1. The highest BCUT2D eigenvalue weighted by molar-refractivity contribution is 7.19. The fourth-order valence-corrected chi connectivity index (χ4v) is 4.85. The number of hydrogen-bond donors (Lipinski definition) is 0. The summed E-state index contributed by atoms with van der Waals surface area (Å²) in [6, 6.07) is 7.69. The van der Waals surface area contributed by atoms with E-state index < -0.39 is 0 Å². The number of aryl methyl sites for hydroxylation is 1. The lowest BCUT2D eigenvalue weighted by Gasteiger charge is -2.12. The molecule has 6 nitrogen and oxygen atoms in total. The zero-order valence-corrected chi connectivity index (χ0v) is 17.5. The number of aromatic nitrogens is 2. The fourth-order valence-electron chi connectivity index (χ4n) is 3.85. The maximum Gasteiger partial charge on any atom is 0.326 e. The van der Waals surface area contributed by atoms with Crippen LogP contribution in [0.3, 0.4) is 0 Å². The molecule has 1 fully saturated rings. The van der Waals surface area contributed by atoms with E-state index in [4.69, 9.17) is 9.47 Å². The third kappa shape index (κ3) is 4.05. The highest BCUT2D eigenvalue weighted by atomic mass is 32.1. The molecular formula is C22H24N2O4S. The molecule has 29 heavy (non-hydrogen) atoms. The van der Waals surface area contributed by atoms with Crippen LogP contribution in [0.5, 0.6) is 5.75 Å². The molecule has 0 unspecified atom stereocenters. The Kier molecular flexibility index (Phi) is 5.67. The molecule has 0 spiro atoms. The summed E-state index contributed by atoms with van der Waals surface area (Å²) in [5.74, 6) is 0.411. The minimum Gasteiger partial charge on any atom is -0.494 e. The monoisotopic (exact) mass is 412 g/mol. The van der Waals surface area contributed by atoms with Gasteiger partial charge in [0.15, 0.2) is 0 Å². The quantitative estimate of drug-likeness (QED) is 0.564. The van der Waals surface area contributed by atoms with Crippen LogP contribution in [-0.4, -0.2) is 28.2 Å². The second-order valence-corrected chi connectivity index (χ2v) is 8.45. The van der Waals surface area contributed by atoms with Crippen molar-refractivity contribution in [3.8, 4) is 16.9 Å². The highest BCUT2D eigenvalue weighted by Gasteiger charge is 2.21. The summed E-state index contributed by atoms with van der Waals surface area (Å²) in [5, 5.41) is 0.549. The topological polar surface area (TPSA) is 70.4 Å². The van der Waals surface area contributed by atoms with Gasteiger partial charge in [-0.15, -0.1) is 11.3 Å². The van der Waals surface area contributed by atoms with Crippen LogP contribution in [0.1, 0.15) is 37.5 Å². The van der Waals surface area contributed by atoms with Gasteiger partial charge in [0.1, 0.15) is 23.2 Å². The summed E-state index contributed by atoms with van der Waals surface area (Å²) in [6.45, 7) is 4.41. The number of ether oxygens (including phenoxy) is 2. The van der Waals surface area contributed by atoms with Crippen LogP contribution in [-0.2, 0) is 16.1 Å². The summed E-state index contributed by atoms with van der Waals surface area (Å²) in [4.78, 5) is 31.6. The van der Waals surface area contributed by atoms with Gasteiger partial charge in [0.05, 0.1) is 18.3 Å². The molecule has 1 aromatic carbocycles. The highest BCUT2D eigenvalue weighted by Crippen LogP contribution is 2.36. The van der Waals surface area contributed by atoms with E-state index in [1.54, 1.807) is 0 Å². The average Bonchev–Trinajstić information content (AvgIpc) is 3.32. The van der Waals surface area contributed by atoms with Crippen molar-refractivity contribution in [1.29, 1.82) is 0 Å². The Bertz CT molecular complexity index is 1080. The summed E-state index contributed by atoms with van der Waals surface area (Å²) in [7, 11) is 0.